The van der Waals surface area contributed by atoms with Crippen molar-refractivity contribution in [2.24, 2.45) is 5.92 Å². The summed E-state index contributed by atoms with van der Waals surface area (Å²) >= 11 is 0. The Kier molecular flexibility index (Phi) is 5.24. The lowest BCUT2D eigenvalue weighted by Gasteiger charge is -2.46. The maximum absolute atomic E-state index is 9.02. The van der Waals surface area contributed by atoms with Crippen molar-refractivity contribution < 1.29 is 4.74 Å². The fourth-order valence-corrected chi connectivity index (χ4v) is 3.79. The van der Waals surface area contributed by atoms with Crippen molar-refractivity contribution in [2.75, 3.05) is 19.7 Å². The van der Waals surface area contributed by atoms with Gasteiger partial charge in [0.1, 0.15) is 0 Å². The highest BCUT2D eigenvalue weighted by Gasteiger charge is 2.40. The van der Waals surface area contributed by atoms with Gasteiger partial charge in [-0.2, -0.15) is 5.26 Å². The Morgan fingerprint density at radius 1 is 1.37 bits per heavy atom. The molecular weight excluding hydrogens is 236 g/mol. The summed E-state index contributed by atoms with van der Waals surface area (Å²) < 4.78 is 6.17. The number of nitrogens with zero attached hydrogens (tertiary/aromatic N) is 2. The van der Waals surface area contributed by atoms with Gasteiger partial charge in [-0.25, -0.2) is 0 Å². The second kappa shape index (κ2) is 6.72. The molecule has 1 saturated carbocycles. The zero-order valence-electron chi connectivity index (χ0n) is 12.5. The Hall–Kier alpha value is -0.590. The van der Waals surface area contributed by atoms with Gasteiger partial charge < -0.3 is 4.74 Å². The second-order valence-electron chi connectivity index (χ2n) is 6.36. The SMILES string of the molecule is CCN(CC(C)C#N)C1CCOC2(CCCCC2)C1. The van der Waals surface area contributed by atoms with E-state index in [1.54, 1.807) is 0 Å². The van der Waals surface area contributed by atoms with Crippen molar-refractivity contribution in [1.29, 1.82) is 5.26 Å². The largest absolute Gasteiger partial charge is 0.375 e. The first-order valence-electron chi connectivity index (χ1n) is 7.97. The summed E-state index contributed by atoms with van der Waals surface area (Å²) in [5.74, 6) is 0.130. The smallest absolute Gasteiger partial charge is 0.0697 e. The van der Waals surface area contributed by atoms with E-state index >= 15 is 0 Å². The number of hydrogen-bond donors (Lipinski definition) is 0. The maximum Gasteiger partial charge on any atom is 0.0697 e. The van der Waals surface area contributed by atoms with Crippen LogP contribution in [0.5, 0.6) is 0 Å². The summed E-state index contributed by atoms with van der Waals surface area (Å²) in [5.41, 5.74) is 0.171. The van der Waals surface area contributed by atoms with Gasteiger partial charge in [-0.15, -0.1) is 0 Å². The van der Waals surface area contributed by atoms with Crippen LogP contribution in [-0.4, -0.2) is 36.2 Å². The van der Waals surface area contributed by atoms with E-state index in [0.717, 1.165) is 26.1 Å². The van der Waals surface area contributed by atoms with Gasteiger partial charge in [-0.1, -0.05) is 26.2 Å². The summed E-state index contributed by atoms with van der Waals surface area (Å²) in [6, 6.07) is 2.99. The Bertz CT molecular complexity index is 312. The lowest BCUT2D eigenvalue weighted by Crippen LogP contribution is -2.50. The lowest BCUT2D eigenvalue weighted by molar-refractivity contribution is -0.124. The molecule has 0 N–H and O–H groups in total. The average Bonchev–Trinajstić information content (AvgIpc) is 2.45. The zero-order valence-corrected chi connectivity index (χ0v) is 12.5. The normalized spacial score (nSPS) is 28.2. The van der Waals surface area contributed by atoms with Crippen LogP contribution in [0.15, 0.2) is 0 Å². The minimum Gasteiger partial charge on any atom is -0.375 e. The van der Waals surface area contributed by atoms with Crippen LogP contribution in [0, 0.1) is 17.2 Å². The zero-order chi connectivity index (χ0) is 13.7. The Balaban J connectivity index is 1.96. The predicted molar refractivity (Wildman–Crippen MR) is 76.8 cm³/mol. The molecule has 2 atom stereocenters. The monoisotopic (exact) mass is 264 g/mol. The molecule has 2 rings (SSSR count). The molecule has 0 bridgehead atoms. The molecule has 0 aromatic carbocycles. The standard InChI is InChI=1S/C16H28N2O/c1-3-18(13-14(2)12-17)15-7-10-19-16(11-15)8-5-4-6-9-16/h14-15H,3-11,13H2,1-2H3. The van der Waals surface area contributed by atoms with E-state index in [4.69, 9.17) is 10.00 Å². The third kappa shape index (κ3) is 3.70. The fourth-order valence-electron chi connectivity index (χ4n) is 3.79. The fraction of sp³-hybridized carbons (Fsp3) is 0.938. The van der Waals surface area contributed by atoms with Gasteiger partial charge >= 0.3 is 0 Å². The topological polar surface area (TPSA) is 36.3 Å². The number of nitriles is 1. The molecule has 1 saturated heterocycles. The summed E-state index contributed by atoms with van der Waals surface area (Å²) in [6.45, 7) is 7.11. The molecule has 3 nitrogen and oxygen atoms in total. The minimum atomic E-state index is 0.130. The lowest BCUT2D eigenvalue weighted by atomic mass is 9.78. The van der Waals surface area contributed by atoms with Crippen molar-refractivity contribution in [2.45, 2.75) is 70.4 Å². The highest BCUT2D eigenvalue weighted by atomic mass is 16.5. The summed E-state index contributed by atoms with van der Waals surface area (Å²) in [4.78, 5) is 2.51. The van der Waals surface area contributed by atoms with Gasteiger partial charge in [0.15, 0.2) is 0 Å². The van der Waals surface area contributed by atoms with Crippen molar-refractivity contribution in [1.82, 2.24) is 4.90 Å². The van der Waals surface area contributed by atoms with Crippen LogP contribution < -0.4 is 0 Å². The first kappa shape index (κ1) is 14.8. The molecule has 0 aromatic rings. The van der Waals surface area contributed by atoms with Gasteiger partial charge in [-0.3, -0.25) is 4.90 Å². The highest BCUT2D eigenvalue weighted by Crippen LogP contribution is 2.39. The number of rotatable bonds is 4. The van der Waals surface area contributed by atoms with Crippen LogP contribution in [0.25, 0.3) is 0 Å². The molecule has 1 heterocycles. The predicted octanol–water partition coefficient (Wildman–Crippen LogP) is 3.35. The molecule has 1 aliphatic heterocycles. The third-order valence-corrected chi connectivity index (χ3v) is 4.88. The van der Waals surface area contributed by atoms with E-state index in [-0.39, 0.29) is 11.5 Å². The van der Waals surface area contributed by atoms with E-state index in [9.17, 15) is 0 Å². The van der Waals surface area contributed by atoms with Crippen molar-refractivity contribution in [3.63, 3.8) is 0 Å². The Labute approximate surface area is 117 Å². The first-order valence-corrected chi connectivity index (χ1v) is 7.97. The van der Waals surface area contributed by atoms with Crippen LogP contribution in [0.4, 0.5) is 0 Å². The maximum atomic E-state index is 9.02. The van der Waals surface area contributed by atoms with Crippen LogP contribution >= 0.6 is 0 Å². The number of ether oxygens (including phenoxy) is 1. The van der Waals surface area contributed by atoms with Gasteiger partial charge in [0, 0.05) is 19.2 Å². The van der Waals surface area contributed by atoms with Crippen LogP contribution in [0.2, 0.25) is 0 Å². The molecule has 1 aliphatic carbocycles. The van der Waals surface area contributed by atoms with Crippen LogP contribution in [-0.2, 0) is 4.74 Å². The minimum absolute atomic E-state index is 0.130. The molecule has 3 heteroatoms. The van der Waals surface area contributed by atoms with Gasteiger partial charge in [0.2, 0.25) is 0 Å². The summed E-state index contributed by atoms with van der Waals surface area (Å²) in [7, 11) is 0. The van der Waals surface area contributed by atoms with Crippen LogP contribution in [0.3, 0.4) is 0 Å². The average molecular weight is 264 g/mol. The number of hydrogen-bond acceptors (Lipinski definition) is 3. The third-order valence-electron chi connectivity index (χ3n) is 4.88. The van der Waals surface area contributed by atoms with E-state index in [1.165, 1.54) is 38.5 Å². The molecule has 0 aromatic heterocycles. The van der Waals surface area contributed by atoms with E-state index in [2.05, 4.69) is 17.9 Å². The molecule has 0 amide bonds. The van der Waals surface area contributed by atoms with Gasteiger partial charge in [0.05, 0.1) is 17.6 Å². The quantitative estimate of drug-likeness (QED) is 0.781. The Morgan fingerprint density at radius 3 is 2.74 bits per heavy atom. The molecule has 2 unspecified atom stereocenters. The van der Waals surface area contributed by atoms with E-state index in [0.29, 0.717) is 6.04 Å². The van der Waals surface area contributed by atoms with Crippen LogP contribution in [0.1, 0.15) is 58.8 Å². The van der Waals surface area contributed by atoms with Gasteiger partial charge in [-0.05, 0) is 39.2 Å². The van der Waals surface area contributed by atoms with Crippen molar-refractivity contribution in [3.05, 3.63) is 0 Å². The molecule has 1 spiro atoms. The first-order chi connectivity index (χ1) is 9.19. The molecule has 2 fully saturated rings. The molecule has 0 radical (unpaired) electrons. The molecule has 2 aliphatic rings. The van der Waals surface area contributed by atoms with E-state index < -0.39 is 0 Å². The summed E-state index contributed by atoms with van der Waals surface area (Å²) in [5, 5.41) is 9.02. The van der Waals surface area contributed by atoms with Crippen molar-refractivity contribution >= 4 is 0 Å². The highest BCUT2D eigenvalue weighted by molar-refractivity contribution is 4.94. The second-order valence-corrected chi connectivity index (χ2v) is 6.36. The van der Waals surface area contributed by atoms with Gasteiger partial charge in [0.25, 0.3) is 0 Å². The molecular formula is C16H28N2O. The van der Waals surface area contributed by atoms with Crippen molar-refractivity contribution in [3.8, 4) is 6.07 Å². The van der Waals surface area contributed by atoms with E-state index in [1.807, 2.05) is 6.92 Å². The molecule has 108 valence electrons. The molecule has 19 heavy (non-hydrogen) atoms. The Morgan fingerprint density at radius 2 is 2.11 bits per heavy atom. The summed E-state index contributed by atoms with van der Waals surface area (Å²) in [6.07, 6.45) is 8.83.